The molecule has 0 heterocycles. The number of unbranched alkanes of at least 4 members (excludes halogenated alkanes) is 53. The lowest BCUT2D eigenvalue weighted by atomic mass is 10.0. The van der Waals surface area contributed by atoms with Gasteiger partial charge in [0.2, 0.25) is 0 Å². The summed E-state index contributed by atoms with van der Waals surface area (Å²) in [5.74, 6) is -0.498. The second-order valence-electron chi connectivity index (χ2n) is 31.2. The fraction of sp³-hybridized carbons (Fsp3) is 0.952. The number of ether oxygens (including phenoxy) is 4. The molecule has 0 aromatic carbocycles. The van der Waals surface area contributed by atoms with Crippen LogP contribution in [0.1, 0.15) is 446 Å². The fourth-order valence-corrected chi connectivity index (χ4v) is 14.6. The van der Waals surface area contributed by atoms with Crippen molar-refractivity contribution in [1.82, 2.24) is 0 Å². The highest BCUT2D eigenvalue weighted by Crippen LogP contribution is 2.45. The molecular weight excluding hydrogens is 1340 g/mol. The minimum Gasteiger partial charge on any atom is -0.462 e. The van der Waals surface area contributed by atoms with Crippen LogP contribution in [0, 0.1) is 11.8 Å². The molecule has 0 aromatic heterocycles. The van der Waals surface area contributed by atoms with Crippen LogP contribution in [0.4, 0.5) is 0 Å². The quantitative estimate of drug-likeness (QED) is 0.0222. The van der Waals surface area contributed by atoms with E-state index in [-0.39, 0.29) is 25.7 Å². The van der Waals surface area contributed by atoms with Crippen molar-refractivity contribution in [2.75, 3.05) is 39.6 Å². The van der Waals surface area contributed by atoms with Crippen LogP contribution in [-0.2, 0) is 65.4 Å². The average molecular weight is 1510 g/mol. The van der Waals surface area contributed by atoms with Crippen LogP contribution in [0.5, 0.6) is 0 Å². The predicted molar refractivity (Wildman–Crippen MR) is 423 cm³/mol. The Morgan fingerprint density at radius 2 is 0.447 bits per heavy atom. The van der Waals surface area contributed by atoms with Crippen LogP contribution in [-0.4, -0.2) is 96.7 Å². The molecule has 2 unspecified atom stereocenters. The molecule has 612 valence electrons. The Morgan fingerprint density at radius 1 is 0.262 bits per heavy atom. The van der Waals surface area contributed by atoms with Crippen molar-refractivity contribution in [2.45, 2.75) is 464 Å². The van der Waals surface area contributed by atoms with E-state index >= 15 is 0 Å². The Labute approximate surface area is 632 Å². The molecule has 3 N–H and O–H groups in total. The molecule has 0 fully saturated rings. The largest absolute Gasteiger partial charge is 0.472 e. The topological polar surface area (TPSA) is 237 Å². The van der Waals surface area contributed by atoms with Crippen LogP contribution < -0.4 is 0 Å². The molecule has 0 aromatic rings. The Hall–Kier alpha value is -1.94. The van der Waals surface area contributed by atoms with Gasteiger partial charge in [-0.2, -0.15) is 0 Å². The molecule has 17 nitrogen and oxygen atoms in total. The van der Waals surface area contributed by atoms with Crippen molar-refractivity contribution in [1.29, 1.82) is 0 Å². The monoisotopic (exact) mass is 1510 g/mol. The number of hydrogen-bond donors (Lipinski definition) is 3. The van der Waals surface area contributed by atoms with E-state index < -0.39 is 97.5 Å². The Kier molecular flexibility index (Phi) is 74.1. The maximum absolute atomic E-state index is 13.1. The summed E-state index contributed by atoms with van der Waals surface area (Å²) in [4.78, 5) is 73.1. The third-order valence-corrected chi connectivity index (χ3v) is 21.6. The number of esters is 4. The van der Waals surface area contributed by atoms with Crippen molar-refractivity contribution >= 4 is 39.5 Å². The number of phosphoric ester groups is 2. The van der Waals surface area contributed by atoms with E-state index in [1.54, 1.807) is 0 Å². The molecule has 5 atom stereocenters. The van der Waals surface area contributed by atoms with Crippen LogP contribution in [0.25, 0.3) is 0 Å². The number of phosphoric acid groups is 2. The predicted octanol–water partition coefficient (Wildman–Crippen LogP) is 25.5. The van der Waals surface area contributed by atoms with Crippen molar-refractivity contribution in [3.05, 3.63) is 0 Å². The van der Waals surface area contributed by atoms with Crippen LogP contribution in [0.2, 0.25) is 0 Å². The number of rotatable bonds is 83. The summed E-state index contributed by atoms with van der Waals surface area (Å²) < 4.78 is 68.8. The molecule has 0 rings (SSSR count). The molecular formula is C84H164O17P2. The third kappa shape index (κ3) is 78.0. The van der Waals surface area contributed by atoms with Gasteiger partial charge in [0, 0.05) is 25.7 Å². The summed E-state index contributed by atoms with van der Waals surface area (Å²) >= 11 is 0. The first kappa shape index (κ1) is 101. The van der Waals surface area contributed by atoms with Gasteiger partial charge in [0.25, 0.3) is 0 Å². The van der Waals surface area contributed by atoms with Gasteiger partial charge in [0.1, 0.15) is 19.3 Å². The van der Waals surface area contributed by atoms with Crippen LogP contribution >= 0.6 is 15.6 Å². The van der Waals surface area contributed by atoms with Gasteiger partial charge in [0.05, 0.1) is 26.4 Å². The molecule has 0 amide bonds. The first-order valence-electron chi connectivity index (χ1n) is 43.5. The lowest BCUT2D eigenvalue weighted by molar-refractivity contribution is -0.161. The summed E-state index contributed by atoms with van der Waals surface area (Å²) in [5.41, 5.74) is 0. The van der Waals surface area contributed by atoms with E-state index in [4.69, 9.17) is 37.0 Å². The van der Waals surface area contributed by atoms with Crippen LogP contribution in [0.3, 0.4) is 0 Å². The summed E-state index contributed by atoms with van der Waals surface area (Å²) in [5, 5.41) is 10.7. The fourth-order valence-electron chi connectivity index (χ4n) is 13.1. The molecule has 0 radical (unpaired) electrons. The van der Waals surface area contributed by atoms with Crippen LogP contribution in [0.15, 0.2) is 0 Å². The molecule has 0 aliphatic carbocycles. The number of aliphatic hydroxyl groups excluding tert-OH is 1. The minimum absolute atomic E-state index is 0.107. The van der Waals surface area contributed by atoms with Gasteiger partial charge in [-0.3, -0.25) is 37.3 Å². The van der Waals surface area contributed by atoms with Gasteiger partial charge in [0.15, 0.2) is 12.2 Å². The smallest absolute Gasteiger partial charge is 0.462 e. The Morgan fingerprint density at radius 3 is 0.660 bits per heavy atom. The first-order valence-corrected chi connectivity index (χ1v) is 46.5. The highest BCUT2D eigenvalue weighted by atomic mass is 31.2. The maximum atomic E-state index is 13.1. The minimum atomic E-state index is -4.96. The van der Waals surface area contributed by atoms with Gasteiger partial charge >= 0.3 is 39.5 Å². The normalized spacial score (nSPS) is 13.9. The van der Waals surface area contributed by atoms with E-state index in [0.29, 0.717) is 25.7 Å². The highest BCUT2D eigenvalue weighted by molar-refractivity contribution is 7.47. The molecule has 0 bridgehead atoms. The van der Waals surface area contributed by atoms with Gasteiger partial charge in [-0.25, -0.2) is 9.13 Å². The molecule has 0 aliphatic rings. The number of carbonyl (C=O) groups is 4. The third-order valence-electron chi connectivity index (χ3n) is 19.7. The molecule has 19 heteroatoms. The first-order chi connectivity index (χ1) is 49.9. The SMILES string of the molecule is CCCCCCCCCCCCCCCCCCCC(=O)OC[C@H](COP(=O)(O)OC[C@@H](O)COP(=O)(O)OC[C@@H](COC(=O)CCCCCCCCCCC)OC(=O)CCCCCCCCCCCCCCCC(C)C)OC(=O)CCCCCCCCCCCCCCCCCCCCC(C)C. The highest BCUT2D eigenvalue weighted by Gasteiger charge is 2.30. The van der Waals surface area contributed by atoms with Crippen molar-refractivity contribution in [3.8, 4) is 0 Å². The van der Waals surface area contributed by atoms with E-state index in [2.05, 4.69) is 41.5 Å². The summed E-state index contributed by atoms with van der Waals surface area (Å²) in [6, 6.07) is 0. The molecule has 0 saturated heterocycles. The van der Waals surface area contributed by atoms with Gasteiger partial charge in [-0.15, -0.1) is 0 Å². The van der Waals surface area contributed by atoms with Crippen molar-refractivity contribution in [2.24, 2.45) is 11.8 Å². The summed E-state index contributed by atoms with van der Waals surface area (Å²) in [7, 11) is -9.92. The number of aliphatic hydroxyl groups is 1. The molecule has 0 aliphatic heterocycles. The van der Waals surface area contributed by atoms with Gasteiger partial charge in [-0.1, -0.05) is 395 Å². The zero-order chi connectivity index (χ0) is 75.6. The maximum Gasteiger partial charge on any atom is 0.472 e. The van der Waals surface area contributed by atoms with E-state index in [1.165, 1.54) is 263 Å². The number of carbonyl (C=O) groups excluding carboxylic acids is 4. The van der Waals surface area contributed by atoms with Gasteiger partial charge in [-0.05, 0) is 37.5 Å². The Bertz CT molecular complexity index is 1980. The Balaban J connectivity index is 5.21. The summed E-state index contributed by atoms with van der Waals surface area (Å²) in [6.45, 7) is 9.69. The van der Waals surface area contributed by atoms with E-state index in [9.17, 15) is 43.2 Å². The van der Waals surface area contributed by atoms with E-state index in [0.717, 1.165) is 102 Å². The van der Waals surface area contributed by atoms with Gasteiger partial charge < -0.3 is 33.8 Å². The summed E-state index contributed by atoms with van der Waals surface area (Å²) in [6.07, 6.45) is 66.6. The standard InChI is InChI=1S/C84H164O17P2/c1-7-9-11-13-15-17-18-19-20-23-27-32-37-43-49-55-61-67-82(87)95-73-80(101-83(88)68-62-56-50-44-38-33-28-25-22-21-24-26-30-35-41-46-52-58-64-76(3)4)75-99-103(92,93)97-71-78(85)70-96-102(90,91)98-74-79(72-94-81(86)66-60-54-48-40-16-14-12-10-8-2)100-84(89)69-63-57-51-45-39-34-29-31-36-42-47-53-59-65-77(5)6/h76-80,85H,7-75H2,1-6H3,(H,90,91)(H,92,93)/t78-,79+,80+/m0/s1. The second kappa shape index (κ2) is 75.5. The van der Waals surface area contributed by atoms with E-state index in [1.807, 2.05) is 0 Å². The molecule has 103 heavy (non-hydrogen) atoms. The van der Waals surface area contributed by atoms with Crippen molar-refractivity contribution in [3.63, 3.8) is 0 Å². The lowest BCUT2D eigenvalue weighted by Gasteiger charge is -2.21. The molecule has 0 spiro atoms. The second-order valence-corrected chi connectivity index (χ2v) is 34.1. The average Bonchev–Trinajstić information content (AvgIpc) is 0.908. The lowest BCUT2D eigenvalue weighted by Crippen LogP contribution is -2.30. The number of hydrogen-bond acceptors (Lipinski definition) is 15. The van der Waals surface area contributed by atoms with Crippen molar-refractivity contribution < 1.29 is 80.2 Å². The zero-order valence-electron chi connectivity index (χ0n) is 67.6. The molecule has 0 saturated carbocycles. The zero-order valence-corrected chi connectivity index (χ0v) is 69.4.